The Hall–Kier alpha value is -2.22. The second kappa shape index (κ2) is 6.80. The molecule has 110 valence electrons. The van der Waals surface area contributed by atoms with Gasteiger partial charge in [0.2, 0.25) is 5.91 Å². The van der Waals surface area contributed by atoms with Gasteiger partial charge in [-0.25, -0.2) is 10.8 Å². The van der Waals surface area contributed by atoms with E-state index in [4.69, 9.17) is 5.84 Å². The number of hydrazine groups is 1. The number of hydrogen-bond acceptors (Lipinski definition) is 6. The van der Waals surface area contributed by atoms with Crippen LogP contribution in [0.1, 0.15) is 37.7 Å². The van der Waals surface area contributed by atoms with Crippen molar-refractivity contribution >= 4 is 17.6 Å². The van der Waals surface area contributed by atoms with Crippen LogP contribution in [0.25, 0.3) is 0 Å². The molecule has 0 unspecified atom stereocenters. The Balaban J connectivity index is 2.42. The molecule has 0 aliphatic carbocycles. The molecule has 0 bridgehead atoms. The fourth-order valence-corrected chi connectivity index (χ4v) is 1.41. The molecule has 1 rings (SSSR count). The van der Waals surface area contributed by atoms with Gasteiger partial charge < -0.3 is 16.1 Å². The second-order valence-corrected chi connectivity index (χ2v) is 5.24. The Bertz CT molecular complexity index is 483. The molecule has 8 nitrogen and oxygen atoms in total. The van der Waals surface area contributed by atoms with Gasteiger partial charge in [-0.05, 0) is 20.8 Å². The molecule has 1 aromatic heterocycles. The van der Waals surface area contributed by atoms with E-state index in [0.29, 0.717) is 5.82 Å². The summed E-state index contributed by atoms with van der Waals surface area (Å²) in [6, 6.07) is 0. The van der Waals surface area contributed by atoms with Crippen LogP contribution in [0.15, 0.2) is 12.4 Å². The largest absolute Gasteiger partial charge is 0.351 e. The summed E-state index contributed by atoms with van der Waals surface area (Å²) >= 11 is 0. The van der Waals surface area contributed by atoms with Gasteiger partial charge in [-0.3, -0.25) is 14.6 Å². The molecule has 1 aromatic rings. The van der Waals surface area contributed by atoms with Crippen molar-refractivity contribution in [2.75, 3.05) is 12.0 Å². The van der Waals surface area contributed by atoms with Gasteiger partial charge in [0.25, 0.3) is 5.91 Å². The summed E-state index contributed by atoms with van der Waals surface area (Å²) in [5.41, 5.74) is 2.16. The first kappa shape index (κ1) is 15.8. The fraction of sp³-hybridized carbons (Fsp3) is 0.500. The summed E-state index contributed by atoms with van der Waals surface area (Å²) in [7, 11) is 0. The molecule has 0 aromatic carbocycles. The zero-order valence-electron chi connectivity index (χ0n) is 11.9. The number of nitrogens with two attached hydrogens (primary N) is 1. The van der Waals surface area contributed by atoms with E-state index in [1.54, 1.807) is 0 Å². The average Bonchev–Trinajstić information content (AvgIpc) is 2.36. The van der Waals surface area contributed by atoms with E-state index in [9.17, 15) is 9.59 Å². The predicted molar refractivity (Wildman–Crippen MR) is 74.7 cm³/mol. The van der Waals surface area contributed by atoms with Crippen molar-refractivity contribution in [2.24, 2.45) is 5.84 Å². The van der Waals surface area contributed by atoms with E-state index in [1.807, 2.05) is 20.8 Å². The molecule has 0 aliphatic rings. The van der Waals surface area contributed by atoms with E-state index in [2.05, 4.69) is 26.0 Å². The third-order valence-corrected chi connectivity index (χ3v) is 2.17. The molecule has 1 heterocycles. The van der Waals surface area contributed by atoms with E-state index >= 15 is 0 Å². The third kappa shape index (κ3) is 5.61. The lowest BCUT2D eigenvalue weighted by atomic mass is 10.1. The van der Waals surface area contributed by atoms with Crippen LogP contribution < -0.4 is 21.9 Å². The highest BCUT2D eigenvalue weighted by molar-refractivity contribution is 5.92. The molecule has 0 saturated carbocycles. The SMILES string of the molecule is CC(C)(C)NC(=O)CCNC(=O)c1cncc(NN)n1. The third-order valence-electron chi connectivity index (χ3n) is 2.17. The molecule has 0 fully saturated rings. The number of nitrogens with zero attached hydrogens (tertiary/aromatic N) is 2. The maximum atomic E-state index is 11.8. The van der Waals surface area contributed by atoms with E-state index < -0.39 is 5.91 Å². The van der Waals surface area contributed by atoms with Crippen molar-refractivity contribution < 1.29 is 9.59 Å². The van der Waals surface area contributed by atoms with E-state index in [1.165, 1.54) is 12.4 Å². The Morgan fingerprint density at radius 3 is 2.60 bits per heavy atom. The number of amides is 2. The number of nitrogens with one attached hydrogen (secondary N) is 3. The predicted octanol–water partition coefficient (Wildman–Crippen LogP) is -0.203. The first-order chi connectivity index (χ1) is 9.31. The van der Waals surface area contributed by atoms with Crippen LogP contribution in [0, 0.1) is 0 Å². The van der Waals surface area contributed by atoms with Crippen molar-refractivity contribution in [2.45, 2.75) is 32.7 Å². The van der Waals surface area contributed by atoms with Crippen LogP contribution in [0.4, 0.5) is 5.82 Å². The van der Waals surface area contributed by atoms with Crippen LogP contribution in [-0.2, 0) is 4.79 Å². The normalized spacial score (nSPS) is 10.8. The van der Waals surface area contributed by atoms with Crippen LogP contribution in [0.2, 0.25) is 0 Å². The van der Waals surface area contributed by atoms with Crippen molar-refractivity contribution in [3.8, 4) is 0 Å². The Labute approximate surface area is 117 Å². The fourth-order valence-electron chi connectivity index (χ4n) is 1.41. The van der Waals surface area contributed by atoms with Crippen molar-refractivity contribution in [3.05, 3.63) is 18.1 Å². The maximum absolute atomic E-state index is 11.8. The minimum atomic E-state index is -0.404. The molecule has 0 atom stereocenters. The van der Waals surface area contributed by atoms with Gasteiger partial charge >= 0.3 is 0 Å². The van der Waals surface area contributed by atoms with Crippen molar-refractivity contribution in [3.63, 3.8) is 0 Å². The zero-order chi connectivity index (χ0) is 15.2. The standard InChI is InChI=1S/C12H20N6O2/c1-12(2,3)17-10(19)4-5-15-11(20)8-6-14-7-9(16-8)18-13/h6-7H,4-5,13H2,1-3H3,(H,15,20)(H,16,18)(H,17,19). The van der Waals surface area contributed by atoms with E-state index in [-0.39, 0.29) is 30.1 Å². The second-order valence-electron chi connectivity index (χ2n) is 5.24. The lowest BCUT2D eigenvalue weighted by Gasteiger charge is -2.20. The molecule has 0 spiro atoms. The number of rotatable bonds is 5. The Kier molecular flexibility index (Phi) is 5.39. The lowest BCUT2D eigenvalue weighted by Crippen LogP contribution is -2.42. The number of hydrogen-bond donors (Lipinski definition) is 4. The molecule has 2 amide bonds. The van der Waals surface area contributed by atoms with Gasteiger partial charge in [-0.2, -0.15) is 0 Å². The van der Waals surface area contributed by atoms with Crippen LogP contribution in [0.3, 0.4) is 0 Å². The minimum absolute atomic E-state index is 0.124. The molecule has 8 heteroatoms. The highest BCUT2D eigenvalue weighted by Gasteiger charge is 2.14. The van der Waals surface area contributed by atoms with Crippen LogP contribution in [-0.4, -0.2) is 33.9 Å². The number of aromatic nitrogens is 2. The number of anilines is 1. The molecule has 5 N–H and O–H groups in total. The van der Waals surface area contributed by atoms with Gasteiger partial charge in [0.1, 0.15) is 5.69 Å². The van der Waals surface area contributed by atoms with Gasteiger partial charge in [0.15, 0.2) is 5.82 Å². The topological polar surface area (TPSA) is 122 Å². The summed E-state index contributed by atoms with van der Waals surface area (Å²) in [4.78, 5) is 31.1. The van der Waals surface area contributed by atoms with Gasteiger partial charge in [-0.15, -0.1) is 0 Å². The molecular weight excluding hydrogens is 260 g/mol. The number of nitrogen functional groups attached to an aromatic ring is 1. The summed E-state index contributed by atoms with van der Waals surface area (Å²) in [6.45, 7) is 5.90. The van der Waals surface area contributed by atoms with Gasteiger partial charge in [-0.1, -0.05) is 0 Å². The van der Waals surface area contributed by atoms with Gasteiger partial charge in [0, 0.05) is 18.5 Å². The quantitative estimate of drug-likeness (QED) is 0.437. The summed E-state index contributed by atoms with van der Waals surface area (Å²) in [5.74, 6) is 4.95. The summed E-state index contributed by atoms with van der Waals surface area (Å²) < 4.78 is 0. The minimum Gasteiger partial charge on any atom is -0.351 e. The first-order valence-electron chi connectivity index (χ1n) is 6.19. The average molecular weight is 280 g/mol. The highest BCUT2D eigenvalue weighted by atomic mass is 16.2. The number of carbonyl (C=O) groups excluding carboxylic acids is 2. The first-order valence-corrected chi connectivity index (χ1v) is 6.19. The van der Waals surface area contributed by atoms with Crippen LogP contribution >= 0.6 is 0 Å². The highest BCUT2D eigenvalue weighted by Crippen LogP contribution is 2.00. The molecule has 0 saturated heterocycles. The monoisotopic (exact) mass is 280 g/mol. The smallest absolute Gasteiger partial charge is 0.271 e. The molecule has 0 aliphatic heterocycles. The van der Waals surface area contributed by atoms with Crippen LogP contribution in [0.5, 0.6) is 0 Å². The molecular formula is C12H20N6O2. The Morgan fingerprint density at radius 2 is 2.00 bits per heavy atom. The van der Waals surface area contributed by atoms with Gasteiger partial charge in [0.05, 0.1) is 12.4 Å². The summed E-state index contributed by atoms with van der Waals surface area (Å²) in [5, 5.41) is 5.40. The summed E-state index contributed by atoms with van der Waals surface area (Å²) in [6.07, 6.45) is 2.92. The molecule has 20 heavy (non-hydrogen) atoms. The number of carbonyl (C=O) groups is 2. The maximum Gasteiger partial charge on any atom is 0.271 e. The van der Waals surface area contributed by atoms with E-state index in [0.717, 1.165) is 0 Å². The molecule has 0 radical (unpaired) electrons. The lowest BCUT2D eigenvalue weighted by molar-refractivity contribution is -0.122. The zero-order valence-corrected chi connectivity index (χ0v) is 11.9. The van der Waals surface area contributed by atoms with Crippen molar-refractivity contribution in [1.29, 1.82) is 0 Å². The Morgan fingerprint density at radius 1 is 1.30 bits per heavy atom. The van der Waals surface area contributed by atoms with Crippen molar-refractivity contribution in [1.82, 2.24) is 20.6 Å².